The van der Waals surface area contributed by atoms with E-state index in [1.165, 1.54) is 0 Å². The van der Waals surface area contributed by atoms with Gasteiger partial charge >= 0.3 is 5.97 Å². The normalized spacial score (nSPS) is 11.5. The summed E-state index contributed by atoms with van der Waals surface area (Å²) >= 11 is 0. The molecule has 0 spiro atoms. The Balaban J connectivity index is 1.61. The second kappa shape index (κ2) is 9.59. The monoisotopic (exact) mass is 444 g/mol. The molecule has 4 heteroatoms. The number of fused-ring (bicyclic) bond motifs is 1. The molecule has 0 saturated carbocycles. The maximum absolute atomic E-state index is 12.7. The van der Waals surface area contributed by atoms with Crippen LogP contribution in [0.1, 0.15) is 27.0 Å². The van der Waals surface area contributed by atoms with E-state index >= 15 is 0 Å². The maximum atomic E-state index is 12.7. The number of aryl methyl sites for hydroxylation is 1. The van der Waals surface area contributed by atoms with Crippen molar-refractivity contribution in [1.29, 1.82) is 0 Å². The first-order valence-electron chi connectivity index (χ1n) is 11.2. The molecule has 1 heterocycles. The lowest BCUT2D eigenvalue weighted by atomic mass is 9.98. The number of rotatable bonds is 6. The predicted molar refractivity (Wildman–Crippen MR) is 137 cm³/mol. The lowest BCUT2D eigenvalue weighted by Gasteiger charge is -2.09. The Morgan fingerprint density at radius 2 is 1.44 bits per heavy atom. The summed E-state index contributed by atoms with van der Waals surface area (Å²) in [5.41, 5.74) is 6.52. The molecule has 0 saturated heterocycles. The van der Waals surface area contributed by atoms with Gasteiger partial charge in [0.05, 0.1) is 16.8 Å². The summed E-state index contributed by atoms with van der Waals surface area (Å²) < 4.78 is 2.15. The summed E-state index contributed by atoms with van der Waals surface area (Å²) in [4.78, 5) is 18.1. The van der Waals surface area contributed by atoms with Gasteiger partial charge < -0.3 is 9.40 Å². The van der Waals surface area contributed by atoms with Crippen LogP contribution in [0.3, 0.4) is 0 Å². The third-order valence-electron chi connectivity index (χ3n) is 5.92. The number of benzene rings is 4. The highest BCUT2D eigenvalue weighted by molar-refractivity contribution is 6.12. The number of oxime groups is 1. The van der Waals surface area contributed by atoms with Gasteiger partial charge in [0.2, 0.25) is 0 Å². The van der Waals surface area contributed by atoms with E-state index in [0.717, 1.165) is 33.3 Å². The van der Waals surface area contributed by atoms with E-state index in [4.69, 9.17) is 4.84 Å². The van der Waals surface area contributed by atoms with Crippen molar-refractivity contribution >= 4 is 22.6 Å². The number of carbonyl (C=O) groups excluding carboxylic acids is 1. The summed E-state index contributed by atoms with van der Waals surface area (Å²) in [5.74, 6) is -0.477. The third-order valence-corrected chi connectivity index (χ3v) is 5.92. The zero-order chi connectivity index (χ0) is 23.3. The molecule has 166 valence electrons. The number of para-hydroxylation sites is 2. The summed E-state index contributed by atoms with van der Waals surface area (Å²) in [5, 5.41) is 5.47. The van der Waals surface area contributed by atoms with Gasteiger partial charge in [0, 0.05) is 29.3 Å². The fourth-order valence-corrected chi connectivity index (χ4v) is 4.10. The fraction of sp³-hybridized carbons (Fsp3) is 0.0667. The van der Waals surface area contributed by atoms with Gasteiger partial charge in [-0.25, -0.2) is 4.79 Å². The molecule has 0 amide bonds. The molecule has 0 aliphatic heterocycles. The van der Waals surface area contributed by atoms with Crippen molar-refractivity contribution in [3.8, 4) is 5.69 Å². The molecule has 0 atom stereocenters. The van der Waals surface area contributed by atoms with Crippen LogP contribution in [-0.2, 0) is 11.3 Å². The van der Waals surface area contributed by atoms with Crippen molar-refractivity contribution in [3.05, 3.63) is 138 Å². The van der Waals surface area contributed by atoms with Crippen LogP contribution >= 0.6 is 0 Å². The number of carbonyl (C=O) groups is 1. The minimum Gasteiger partial charge on any atom is -0.316 e. The van der Waals surface area contributed by atoms with Gasteiger partial charge in [-0.05, 0) is 48.4 Å². The summed E-state index contributed by atoms with van der Waals surface area (Å²) in [7, 11) is 0. The van der Waals surface area contributed by atoms with Crippen molar-refractivity contribution in [3.63, 3.8) is 0 Å². The van der Waals surface area contributed by atoms with E-state index in [-0.39, 0.29) is 0 Å². The van der Waals surface area contributed by atoms with Crippen LogP contribution in [0.15, 0.2) is 121 Å². The van der Waals surface area contributed by atoms with Gasteiger partial charge in [-0.2, -0.15) is 0 Å². The Morgan fingerprint density at radius 1 is 0.794 bits per heavy atom. The fourth-order valence-electron chi connectivity index (χ4n) is 4.10. The standard InChI is InChI=1S/C30H24N2O2/c1-22-12-8-9-15-24(22)20-28(31-34-30(33)23-13-4-2-5-14-23)27-21-32(25-16-6-3-7-17-25)29-19-11-10-18-26(27)29/h2-19,21H,20H2,1H3/b31-28+. The first kappa shape index (κ1) is 21.4. The van der Waals surface area contributed by atoms with Gasteiger partial charge in [0.25, 0.3) is 0 Å². The average Bonchev–Trinajstić information content (AvgIpc) is 3.28. The number of hydrogen-bond acceptors (Lipinski definition) is 3. The van der Waals surface area contributed by atoms with E-state index < -0.39 is 5.97 Å². The van der Waals surface area contributed by atoms with Crippen molar-refractivity contribution in [2.75, 3.05) is 0 Å². The molecule has 5 aromatic rings. The molecule has 4 aromatic carbocycles. The molecular weight excluding hydrogens is 420 g/mol. The number of aromatic nitrogens is 1. The molecule has 0 fully saturated rings. The van der Waals surface area contributed by atoms with Crippen LogP contribution in [0.2, 0.25) is 0 Å². The second-order valence-corrected chi connectivity index (χ2v) is 8.15. The van der Waals surface area contributed by atoms with E-state index in [9.17, 15) is 4.79 Å². The van der Waals surface area contributed by atoms with Gasteiger partial charge in [0.1, 0.15) is 0 Å². The van der Waals surface area contributed by atoms with Crippen molar-refractivity contribution in [2.24, 2.45) is 5.16 Å². The Morgan fingerprint density at radius 3 is 2.21 bits per heavy atom. The van der Waals surface area contributed by atoms with Crippen LogP contribution in [0, 0.1) is 6.92 Å². The SMILES string of the molecule is Cc1ccccc1C/C(=N\OC(=O)c1ccccc1)c1cn(-c2ccccc2)c2ccccc12. The molecule has 5 rings (SSSR count). The summed E-state index contributed by atoms with van der Waals surface area (Å²) in [6.45, 7) is 2.08. The van der Waals surface area contributed by atoms with Crippen molar-refractivity contribution in [1.82, 2.24) is 4.57 Å². The second-order valence-electron chi connectivity index (χ2n) is 8.15. The Kier molecular flexibility index (Phi) is 6.04. The minimum atomic E-state index is -0.477. The summed E-state index contributed by atoms with van der Waals surface area (Å²) in [6, 6.07) is 35.5. The largest absolute Gasteiger partial charge is 0.365 e. The van der Waals surface area contributed by atoms with Gasteiger partial charge in [-0.15, -0.1) is 0 Å². The van der Waals surface area contributed by atoms with E-state index in [2.05, 4.69) is 59.2 Å². The van der Waals surface area contributed by atoms with Crippen LogP contribution < -0.4 is 0 Å². The van der Waals surface area contributed by atoms with Gasteiger partial charge in [-0.3, -0.25) is 0 Å². The van der Waals surface area contributed by atoms with Crippen molar-refractivity contribution in [2.45, 2.75) is 13.3 Å². The molecule has 34 heavy (non-hydrogen) atoms. The Labute approximate surface area is 198 Å². The van der Waals surface area contributed by atoms with E-state index in [1.807, 2.05) is 60.7 Å². The molecule has 0 radical (unpaired) electrons. The third kappa shape index (κ3) is 4.39. The van der Waals surface area contributed by atoms with Crippen molar-refractivity contribution < 1.29 is 9.63 Å². The summed E-state index contributed by atoms with van der Waals surface area (Å²) in [6.07, 6.45) is 2.62. The predicted octanol–water partition coefficient (Wildman–Crippen LogP) is 6.74. The Bertz CT molecular complexity index is 1470. The zero-order valence-corrected chi connectivity index (χ0v) is 18.9. The molecule has 0 bridgehead atoms. The molecular formula is C30H24N2O2. The highest BCUT2D eigenvalue weighted by Crippen LogP contribution is 2.27. The lowest BCUT2D eigenvalue weighted by molar-refractivity contribution is 0.0516. The van der Waals surface area contributed by atoms with Gasteiger partial charge in [-0.1, -0.05) is 84.0 Å². The lowest BCUT2D eigenvalue weighted by Crippen LogP contribution is -2.10. The maximum Gasteiger partial charge on any atom is 0.365 e. The Hall–Kier alpha value is -4.44. The molecule has 0 aliphatic rings. The molecule has 0 unspecified atom stereocenters. The minimum absolute atomic E-state index is 0.466. The van der Waals surface area contributed by atoms with Crippen LogP contribution in [-0.4, -0.2) is 16.2 Å². The molecule has 1 aromatic heterocycles. The highest BCUT2D eigenvalue weighted by Gasteiger charge is 2.17. The average molecular weight is 445 g/mol. The quantitative estimate of drug-likeness (QED) is 0.165. The van der Waals surface area contributed by atoms with Crippen LogP contribution in [0.4, 0.5) is 0 Å². The number of nitrogens with zero attached hydrogens (tertiary/aromatic N) is 2. The highest BCUT2D eigenvalue weighted by atomic mass is 16.7. The van der Waals surface area contributed by atoms with Crippen LogP contribution in [0.5, 0.6) is 0 Å². The topological polar surface area (TPSA) is 43.6 Å². The smallest absolute Gasteiger partial charge is 0.316 e. The van der Waals surface area contributed by atoms with Gasteiger partial charge in [0.15, 0.2) is 0 Å². The van der Waals surface area contributed by atoms with E-state index in [0.29, 0.717) is 17.7 Å². The molecule has 0 aliphatic carbocycles. The zero-order valence-electron chi connectivity index (χ0n) is 18.9. The molecule has 4 nitrogen and oxygen atoms in total. The first-order chi connectivity index (χ1) is 16.7. The molecule has 0 N–H and O–H groups in total. The number of hydrogen-bond donors (Lipinski definition) is 0. The van der Waals surface area contributed by atoms with E-state index in [1.54, 1.807) is 12.1 Å². The first-order valence-corrected chi connectivity index (χ1v) is 11.2. The van der Waals surface area contributed by atoms with Crippen LogP contribution in [0.25, 0.3) is 16.6 Å².